The third-order valence-corrected chi connectivity index (χ3v) is 10.9. The molecule has 4 aromatic carbocycles. The Hall–Kier alpha value is -3.98. The van der Waals surface area contributed by atoms with Crippen LogP contribution in [-0.4, -0.2) is 78.7 Å². The summed E-state index contributed by atoms with van der Waals surface area (Å²) in [5.74, 6) is 3.17. The average molecular weight is 760 g/mol. The number of benzene rings is 4. The van der Waals surface area contributed by atoms with Gasteiger partial charge >= 0.3 is 0 Å². The Morgan fingerprint density at radius 3 is 1.45 bits per heavy atom. The molecular formula is C44H56Cl2N4O3. The van der Waals surface area contributed by atoms with E-state index < -0.39 is 0 Å². The molecule has 2 aromatic heterocycles. The summed E-state index contributed by atoms with van der Waals surface area (Å²) in [5, 5.41) is 2.73. The summed E-state index contributed by atoms with van der Waals surface area (Å²) in [7, 11) is 3.49. The Bertz CT molecular complexity index is 1840. The van der Waals surface area contributed by atoms with E-state index in [1.54, 1.807) is 14.2 Å². The highest BCUT2D eigenvalue weighted by molar-refractivity contribution is 5.86. The van der Waals surface area contributed by atoms with Gasteiger partial charge in [0.2, 0.25) is 0 Å². The monoisotopic (exact) mass is 758 g/mol. The van der Waals surface area contributed by atoms with Crippen LogP contribution in [0, 0.1) is 0 Å². The highest BCUT2D eigenvalue weighted by atomic mass is 35.5. The third kappa shape index (κ3) is 10.6. The molecule has 53 heavy (non-hydrogen) atoms. The first-order valence-corrected chi connectivity index (χ1v) is 18.5. The van der Waals surface area contributed by atoms with Crippen molar-refractivity contribution in [1.82, 2.24) is 19.8 Å². The highest BCUT2D eigenvalue weighted by Crippen LogP contribution is 2.31. The summed E-state index contributed by atoms with van der Waals surface area (Å²) >= 11 is 0. The van der Waals surface area contributed by atoms with Gasteiger partial charge in [0.25, 0.3) is 0 Å². The van der Waals surface area contributed by atoms with Crippen molar-refractivity contribution in [2.45, 2.75) is 50.4 Å². The van der Waals surface area contributed by atoms with Gasteiger partial charge in [-0.25, -0.2) is 0 Å². The fourth-order valence-corrected chi connectivity index (χ4v) is 8.09. The van der Waals surface area contributed by atoms with Gasteiger partial charge in [0.1, 0.15) is 11.5 Å². The third-order valence-electron chi connectivity index (χ3n) is 10.9. The van der Waals surface area contributed by atoms with Crippen LogP contribution in [0.15, 0.2) is 109 Å². The summed E-state index contributed by atoms with van der Waals surface area (Å²) in [6, 6.07) is 34.3. The number of aromatic amines is 2. The molecule has 0 bridgehead atoms. The largest absolute Gasteiger partial charge is 0.497 e. The number of aromatic nitrogens is 2. The molecule has 2 aliphatic heterocycles. The molecular weight excluding hydrogens is 703 g/mol. The van der Waals surface area contributed by atoms with Crippen LogP contribution in [0.25, 0.3) is 21.8 Å². The SMILES string of the molecule is COc1cccc(C2CCCN(CCc3c[nH]c4ccccc34)C2)c1.COc1cccc(C2CCCN(CCc3c[nH]c4ccccc34)C2)c1.Cl.Cl.O. The number of piperidine rings is 2. The molecule has 2 atom stereocenters. The number of para-hydroxylation sites is 2. The van der Waals surface area contributed by atoms with E-state index in [0.717, 1.165) is 50.5 Å². The summed E-state index contributed by atoms with van der Waals surface area (Å²) in [5.41, 5.74) is 8.17. The standard InChI is InChI=1S/2C22H26N2O.2ClH.H2O/c2*1-25-20-8-4-6-17(14-20)19-7-5-12-24(16-19)13-11-18-15-23-22-10-3-2-9-21(18)22;;;/h2*2-4,6,8-10,14-15,19,23H,5,7,11-13,16H2,1H3;2*1H;1H2. The van der Waals surface area contributed by atoms with Crippen molar-refractivity contribution in [3.63, 3.8) is 0 Å². The van der Waals surface area contributed by atoms with Crippen molar-refractivity contribution in [2.75, 3.05) is 53.5 Å². The van der Waals surface area contributed by atoms with Crippen molar-refractivity contribution in [3.8, 4) is 11.5 Å². The van der Waals surface area contributed by atoms with Crippen molar-refractivity contribution < 1.29 is 14.9 Å². The quantitative estimate of drug-likeness (QED) is 0.146. The molecule has 0 amide bonds. The van der Waals surface area contributed by atoms with Crippen LogP contribution in [0.5, 0.6) is 11.5 Å². The van der Waals surface area contributed by atoms with E-state index in [1.165, 1.54) is 82.8 Å². The average Bonchev–Trinajstić information content (AvgIpc) is 3.81. The Morgan fingerprint density at radius 1 is 0.585 bits per heavy atom. The lowest BCUT2D eigenvalue weighted by molar-refractivity contribution is 0.210. The first kappa shape index (κ1) is 41.8. The number of nitrogens with one attached hydrogen (secondary N) is 2. The van der Waals surface area contributed by atoms with E-state index in [0.29, 0.717) is 11.8 Å². The Kier molecular flexibility index (Phi) is 16.1. The molecule has 2 unspecified atom stereocenters. The number of halogens is 2. The second-order valence-electron chi connectivity index (χ2n) is 14.1. The van der Waals surface area contributed by atoms with Gasteiger partial charge in [0.15, 0.2) is 0 Å². The molecule has 4 heterocycles. The molecule has 2 saturated heterocycles. The topological polar surface area (TPSA) is 88.0 Å². The van der Waals surface area contributed by atoms with Crippen LogP contribution in [0.4, 0.5) is 0 Å². The summed E-state index contributed by atoms with van der Waals surface area (Å²) in [6.07, 6.45) is 11.7. The molecule has 2 aliphatic rings. The highest BCUT2D eigenvalue weighted by Gasteiger charge is 2.23. The van der Waals surface area contributed by atoms with Crippen LogP contribution in [0.2, 0.25) is 0 Å². The molecule has 0 aliphatic carbocycles. The van der Waals surface area contributed by atoms with Gasteiger partial charge in [-0.1, -0.05) is 60.7 Å². The first-order chi connectivity index (χ1) is 24.7. The molecule has 0 saturated carbocycles. The lowest BCUT2D eigenvalue weighted by atomic mass is 9.90. The van der Waals surface area contributed by atoms with E-state index in [2.05, 4.69) is 117 Å². The number of likely N-dealkylation sites (tertiary alicyclic amines) is 2. The van der Waals surface area contributed by atoms with Crippen LogP contribution in [-0.2, 0) is 12.8 Å². The number of methoxy groups -OCH3 is 2. The van der Waals surface area contributed by atoms with Crippen LogP contribution in [0.3, 0.4) is 0 Å². The minimum absolute atomic E-state index is 0. The maximum atomic E-state index is 5.39. The zero-order chi connectivity index (χ0) is 34.1. The van der Waals surface area contributed by atoms with Gasteiger partial charge < -0.3 is 34.7 Å². The van der Waals surface area contributed by atoms with Gasteiger partial charge in [-0.2, -0.15) is 0 Å². The minimum atomic E-state index is 0. The smallest absolute Gasteiger partial charge is 0.119 e. The van der Waals surface area contributed by atoms with Crippen molar-refractivity contribution in [2.24, 2.45) is 0 Å². The van der Waals surface area contributed by atoms with Crippen molar-refractivity contribution in [3.05, 3.63) is 132 Å². The molecule has 284 valence electrons. The zero-order valence-electron chi connectivity index (χ0n) is 31.1. The van der Waals surface area contributed by atoms with E-state index in [1.807, 2.05) is 12.1 Å². The summed E-state index contributed by atoms with van der Waals surface area (Å²) in [6.45, 7) is 6.97. The Morgan fingerprint density at radius 2 is 1.02 bits per heavy atom. The summed E-state index contributed by atoms with van der Waals surface area (Å²) in [4.78, 5) is 12.0. The van der Waals surface area contributed by atoms with Crippen LogP contribution < -0.4 is 9.47 Å². The number of H-pyrrole nitrogens is 2. The van der Waals surface area contributed by atoms with Gasteiger partial charge in [0, 0.05) is 60.4 Å². The lowest BCUT2D eigenvalue weighted by Crippen LogP contribution is -2.35. The number of rotatable bonds is 10. The Labute approximate surface area is 327 Å². The number of fused-ring (bicyclic) bond motifs is 2. The normalized spacial score (nSPS) is 17.5. The zero-order valence-corrected chi connectivity index (χ0v) is 32.7. The minimum Gasteiger partial charge on any atom is -0.497 e. The number of hydrogen-bond acceptors (Lipinski definition) is 4. The van der Waals surface area contributed by atoms with Gasteiger partial charge in [-0.15, -0.1) is 24.8 Å². The number of hydrogen-bond donors (Lipinski definition) is 2. The molecule has 6 aromatic rings. The Balaban J connectivity index is 0.000000224. The molecule has 0 spiro atoms. The number of nitrogens with zero attached hydrogens (tertiary/aromatic N) is 2. The van der Waals surface area contributed by atoms with Crippen molar-refractivity contribution in [1.29, 1.82) is 0 Å². The van der Waals surface area contributed by atoms with E-state index in [-0.39, 0.29) is 30.3 Å². The maximum Gasteiger partial charge on any atom is 0.119 e. The second-order valence-corrected chi connectivity index (χ2v) is 14.1. The predicted octanol–water partition coefficient (Wildman–Crippen LogP) is 9.22. The fourth-order valence-electron chi connectivity index (χ4n) is 8.09. The van der Waals surface area contributed by atoms with Crippen LogP contribution in [0.1, 0.15) is 59.8 Å². The molecule has 7 nitrogen and oxygen atoms in total. The predicted molar refractivity (Wildman–Crippen MR) is 225 cm³/mol. The van der Waals surface area contributed by atoms with E-state index in [9.17, 15) is 0 Å². The first-order valence-electron chi connectivity index (χ1n) is 18.5. The maximum absolute atomic E-state index is 5.39. The van der Waals surface area contributed by atoms with Gasteiger partial charge in [-0.3, -0.25) is 0 Å². The molecule has 2 fully saturated rings. The molecule has 0 radical (unpaired) electrons. The second kappa shape index (κ2) is 20.5. The molecule has 4 N–H and O–H groups in total. The van der Waals surface area contributed by atoms with E-state index >= 15 is 0 Å². The van der Waals surface area contributed by atoms with Crippen molar-refractivity contribution >= 4 is 46.6 Å². The molecule has 9 heteroatoms. The fraction of sp³-hybridized carbons (Fsp3) is 0.364. The van der Waals surface area contributed by atoms with Gasteiger partial charge in [0.05, 0.1) is 14.2 Å². The lowest BCUT2D eigenvalue weighted by Gasteiger charge is -2.33. The van der Waals surface area contributed by atoms with Crippen LogP contribution >= 0.6 is 24.8 Å². The number of ether oxygens (including phenoxy) is 2. The summed E-state index contributed by atoms with van der Waals surface area (Å²) < 4.78 is 10.8. The van der Waals surface area contributed by atoms with Gasteiger partial charge in [-0.05, 0) is 122 Å². The molecule has 8 rings (SSSR count). The van der Waals surface area contributed by atoms with E-state index in [4.69, 9.17) is 9.47 Å².